The number of methoxy groups -OCH3 is 1. The predicted molar refractivity (Wildman–Crippen MR) is 111 cm³/mol. The van der Waals surface area contributed by atoms with E-state index in [1.165, 1.54) is 0 Å². The highest BCUT2D eigenvalue weighted by molar-refractivity contribution is 5.97. The lowest BCUT2D eigenvalue weighted by Gasteiger charge is -2.29. The lowest BCUT2D eigenvalue weighted by atomic mass is 9.93. The van der Waals surface area contributed by atoms with Crippen molar-refractivity contribution in [2.45, 2.75) is 44.2 Å². The van der Waals surface area contributed by atoms with Crippen molar-refractivity contribution in [1.29, 1.82) is 0 Å². The first-order chi connectivity index (χ1) is 15.4. The third-order valence-corrected chi connectivity index (χ3v) is 5.70. The minimum atomic E-state index is -4.60. The Morgan fingerprint density at radius 2 is 1.97 bits per heavy atom. The fourth-order valence-corrected chi connectivity index (χ4v) is 4.22. The number of imidazole rings is 1. The summed E-state index contributed by atoms with van der Waals surface area (Å²) < 4.78 is 48.9. The van der Waals surface area contributed by atoms with Gasteiger partial charge in [0.1, 0.15) is 11.3 Å². The van der Waals surface area contributed by atoms with Crippen LogP contribution in [0.25, 0.3) is 27.8 Å². The molecule has 0 amide bonds. The Morgan fingerprint density at radius 1 is 1.16 bits per heavy atom. The van der Waals surface area contributed by atoms with Gasteiger partial charge in [-0.1, -0.05) is 0 Å². The zero-order valence-electron chi connectivity index (χ0n) is 17.2. The molecule has 2 N–H and O–H groups in total. The molecule has 11 heteroatoms. The first-order valence-electron chi connectivity index (χ1n) is 10.3. The van der Waals surface area contributed by atoms with Gasteiger partial charge in [0.2, 0.25) is 11.8 Å². The van der Waals surface area contributed by atoms with Crippen LogP contribution >= 0.6 is 0 Å². The van der Waals surface area contributed by atoms with Crippen LogP contribution in [0.5, 0.6) is 5.88 Å². The number of H-pyrrole nitrogens is 1. The molecule has 4 aromatic heterocycles. The van der Waals surface area contributed by atoms with Gasteiger partial charge in [-0.25, -0.2) is 4.98 Å². The van der Waals surface area contributed by atoms with Crippen LogP contribution in [0.2, 0.25) is 0 Å². The summed E-state index contributed by atoms with van der Waals surface area (Å²) >= 11 is 0. The number of halogens is 3. The molecule has 0 spiro atoms. The number of hydrogen-bond acceptors (Lipinski definition) is 6. The van der Waals surface area contributed by atoms with Gasteiger partial charge >= 0.3 is 6.36 Å². The molecular weight excluding hydrogens is 425 g/mol. The summed E-state index contributed by atoms with van der Waals surface area (Å²) in [6, 6.07) is 3.86. The van der Waals surface area contributed by atoms with Crippen molar-refractivity contribution in [3.8, 4) is 17.0 Å². The van der Waals surface area contributed by atoms with Gasteiger partial charge in [-0.2, -0.15) is 9.97 Å². The Labute approximate surface area is 180 Å². The molecule has 32 heavy (non-hydrogen) atoms. The quantitative estimate of drug-likeness (QED) is 0.468. The second-order valence-corrected chi connectivity index (χ2v) is 7.77. The molecule has 5 rings (SSSR count). The highest BCUT2D eigenvalue weighted by Gasteiger charge is 2.35. The summed E-state index contributed by atoms with van der Waals surface area (Å²) in [7, 11) is 1.54. The van der Waals surface area contributed by atoms with Crippen molar-refractivity contribution in [3.63, 3.8) is 0 Å². The second-order valence-electron chi connectivity index (χ2n) is 7.77. The first kappa shape index (κ1) is 20.6. The Morgan fingerprint density at radius 3 is 2.72 bits per heavy atom. The van der Waals surface area contributed by atoms with E-state index in [1.807, 2.05) is 35.1 Å². The van der Waals surface area contributed by atoms with Crippen LogP contribution in [0.1, 0.15) is 25.7 Å². The standard InChI is InChI=1S/C21H21F3N6O2/c1-31-19-17-15(12-2-7-16-25-8-9-30(16)11-12)10-26-18(17)28-20(29-19)27-13-3-5-14(6-4-13)32-21(22,23)24/h2,7-11,13-14H,3-6H2,1H3,(H2,26,27,28,29). The van der Waals surface area contributed by atoms with E-state index in [9.17, 15) is 13.2 Å². The number of ether oxygens (including phenoxy) is 2. The highest BCUT2D eigenvalue weighted by Crippen LogP contribution is 2.35. The van der Waals surface area contributed by atoms with Crippen molar-refractivity contribution < 1.29 is 22.6 Å². The fourth-order valence-electron chi connectivity index (χ4n) is 4.22. The normalized spacial score (nSPS) is 19.5. The molecule has 0 aliphatic heterocycles. The molecule has 0 aromatic carbocycles. The van der Waals surface area contributed by atoms with E-state index in [2.05, 4.69) is 30.0 Å². The Kier molecular flexibility index (Phi) is 5.12. The molecule has 0 saturated heterocycles. The monoisotopic (exact) mass is 446 g/mol. The molecule has 0 atom stereocenters. The van der Waals surface area contributed by atoms with E-state index < -0.39 is 12.5 Å². The van der Waals surface area contributed by atoms with E-state index in [-0.39, 0.29) is 6.04 Å². The maximum Gasteiger partial charge on any atom is 0.522 e. The Balaban J connectivity index is 1.37. The molecule has 1 aliphatic carbocycles. The maximum absolute atomic E-state index is 12.4. The van der Waals surface area contributed by atoms with E-state index >= 15 is 0 Å². The number of pyridine rings is 1. The van der Waals surface area contributed by atoms with Crippen LogP contribution in [0.3, 0.4) is 0 Å². The van der Waals surface area contributed by atoms with Crippen LogP contribution in [-0.2, 0) is 4.74 Å². The lowest BCUT2D eigenvalue weighted by Crippen LogP contribution is -2.33. The lowest BCUT2D eigenvalue weighted by molar-refractivity contribution is -0.345. The summed E-state index contributed by atoms with van der Waals surface area (Å²) in [6.45, 7) is 0. The molecule has 1 saturated carbocycles. The number of nitrogens with zero attached hydrogens (tertiary/aromatic N) is 4. The number of anilines is 1. The van der Waals surface area contributed by atoms with Crippen molar-refractivity contribution >= 4 is 22.6 Å². The van der Waals surface area contributed by atoms with E-state index in [4.69, 9.17) is 4.74 Å². The molecule has 1 aliphatic rings. The van der Waals surface area contributed by atoms with Crippen molar-refractivity contribution in [2.24, 2.45) is 0 Å². The number of aromatic nitrogens is 5. The van der Waals surface area contributed by atoms with Gasteiger partial charge in [0.25, 0.3) is 0 Å². The summed E-state index contributed by atoms with van der Waals surface area (Å²) in [5.41, 5.74) is 3.30. The molecule has 168 valence electrons. The molecule has 0 bridgehead atoms. The first-order valence-corrected chi connectivity index (χ1v) is 10.3. The van der Waals surface area contributed by atoms with Crippen LogP contribution in [0.15, 0.2) is 36.9 Å². The van der Waals surface area contributed by atoms with Gasteiger partial charge < -0.3 is 19.4 Å². The largest absolute Gasteiger partial charge is 0.522 e. The summed E-state index contributed by atoms with van der Waals surface area (Å²) in [6.07, 6.45) is 3.74. The summed E-state index contributed by atoms with van der Waals surface area (Å²) in [4.78, 5) is 16.5. The van der Waals surface area contributed by atoms with Crippen LogP contribution in [-0.4, -0.2) is 50.0 Å². The number of alkyl halides is 3. The van der Waals surface area contributed by atoms with Crippen LogP contribution in [0.4, 0.5) is 19.1 Å². The van der Waals surface area contributed by atoms with Gasteiger partial charge in [0.15, 0.2) is 0 Å². The van der Waals surface area contributed by atoms with Crippen molar-refractivity contribution in [2.75, 3.05) is 12.4 Å². The Bertz CT molecular complexity index is 1240. The molecule has 4 heterocycles. The van der Waals surface area contributed by atoms with Gasteiger partial charge in [-0.05, 0) is 37.8 Å². The van der Waals surface area contributed by atoms with Gasteiger partial charge in [0, 0.05) is 42.0 Å². The molecule has 8 nitrogen and oxygen atoms in total. The molecule has 0 radical (unpaired) electrons. The Hall–Kier alpha value is -3.34. The average molecular weight is 446 g/mol. The zero-order chi connectivity index (χ0) is 22.3. The van der Waals surface area contributed by atoms with E-state index in [0.717, 1.165) is 22.2 Å². The number of hydrogen-bond donors (Lipinski definition) is 2. The highest BCUT2D eigenvalue weighted by atomic mass is 19.4. The van der Waals surface area contributed by atoms with Gasteiger partial charge in [-0.3, -0.25) is 4.74 Å². The summed E-state index contributed by atoms with van der Waals surface area (Å²) in [5, 5.41) is 3.98. The number of rotatable bonds is 5. The molecule has 0 unspecified atom stereocenters. The van der Waals surface area contributed by atoms with E-state index in [0.29, 0.717) is 43.2 Å². The van der Waals surface area contributed by atoms with Crippen LogP contribution in [0, 0.1) is 0 Å². The third-order valence-electron chi connectivity index (χ3n) is 5.70. The number of aromatic amines is 1. The fraction of sp³-hybridized carbons (Fsp3) is 0.381. The van der Waals surface area contributed by atoms with Gasteiger partial charge in [0.05, 0.1) is 18.6 Å². The van der Waals surface area contributed by atoms with Crippen molar-refractivity contribution in [1.82, 2.24) is 24.3 Å². The summed E-state index contributed by atoms with van der Waals surface area (Å²) in [5.74, 6) is 0.779. The van der Waals surface area contributed by atoms with Crippen molar-refractivity contribution in [3.05, 3.63) is 36.9 Å². The predicted octanol–water partition coefficient (Wildman–Crippen LogP) is 4.54. The van der Waals surface area contributed by atoms with Crippen LogP contribution < -0.4 is 10.1 Å². The third kappa shape index (κ3) is 4.07. The molecule has 1 fully saturated rings. The van der Waals surface area contributed by atoms with Gasteiger partial charge in [-0.15, -0.1) is 13.2 Å². The second kappa shape index (κ2) is 7.97. The number of fused-ring (bicyclic) bond motifs is 2. The number of nitrogens with one attached hydrogen (secondary N) is 2. The van der Waals surface area contributed by atoms with E-state index in [1.54, 1.807) is 13.3 Å². The minimum absolute atomic E-state index is 0.0386. The topological polar surface area (TPSA) is 89.4 Å². The minimum Gasteiger partial charge on any atom is -0.480 e. The smallest absolute Gasteiger partial charge is 0.480 e. The molecular formula is C21H21F3N6O2. The zero-order valence-corrected chi connectivity index (χ0v) is 17.2. The maximum atomic E-state index is 12.4. The average Bonchev–Trinajstić information content (AvgIpc) is 3.40. The SMILES string of the molecule is COc1nc(NC2CCC(OC(F)(F)F)CC2)nc2[nH]cc(-c3ccc4nccn4c3)c12. The molecule has 4 aromatic rings.